The maximum atomic E-state index is 11.0. The van der Waals surface area contributed by atoms with Crippen LogP contribution in [0.5, 0.6) is 0 Å². The van der Waals surface area contributed by atoms with Crippen LogP contribution in [0.4, 0.5) is 0 Å². The summed E-state index contributed by atoms with van der Waals surface area (Å²) in [4.78, 5) is 11.0. The molecule has 2 N–H and O–H groups in total. The van der Waals surface area contributed by atoms with Gasteiger partial charge in [-0.3, -0.25) is 0 Å². The van der Waals surface area contributed by atoms with Gasteiger partial charge in [-0.05, 0) is 33.2 Å². The van der Waals surface area contributed by atoms with Crippen molar-refractivity contribution in [3.8, 4) is 0 Å². The lowest BCUT2D eigenvalue weighted by atomic mass is 9.94. The Morgan fingerprint density at radius 2 is 2.31 bits per heavy atom. The Kier molecular flexibility index (Phi) is 3.27. The van der Waals surface area contributed by atoms with Crippen LogP contribution in [0.25, 0.3) is 0 Å². The molecule has 0 aromatic heterocycles. The van der Waals surface area contributed by atoms with Crippen LogP contribution in [-0.2, 0) is 9.53 Å². The molecular formula is C9H17NO3. The first-order chi connectivity index (χ1) is 6.07. The van der Waals surface area contributed by atoms with Gasteiger partial charge in [0.15, 0.2) is 5.60 Å². The van der Waals surface area contributed by atoms with Gasteiger partial charge in [0.2, 0.25) is 0 Å². The van der Waals surface area contributed by atoms with E-state index in [0.29, 0.717) is 13.0 Å². The Morgan fingerprint density at radius 3 is 2.69 bits per heavy atom. The molecule has 1 aliphatic heterocycles. The lowest BCUT2D eigenvalue weighted by molar-refractivity contribution is -0.174. The van der Waals surface area contributed by atoms with Crippen molar-refractivity contribution in [2.75, 3.05) is 13.1 Å². The molecule has 1 unspecified atom stereocenters. The van der Waals surface area contributed by atoms with Crippen LogP contribution < -0.4 is 5.32 Å². The number of ether oxygens (including phenoxy) is 1. The van der Waals surface area contributed by atoms with E-state index in [2.05, 4.69) is 5.32 Å². The second-order valence-corrected chi connectivity index (χ2v) is 3.75. The van der Waals surface area contributed by atoms with E-state index in [9.17, 15) is 4.79 Å². The first-order valence-electron chi connectivity index (χ1n) is 4.69. The van der Waals surface area contributed by atoms with Crippen LogP contribution >= 0.6 is 0 Å². The Hall–Kier alpha value is -0.610. The van der Waals surface area contributed by atoms with Gasteiger partial charge in [-0.1, -0.05) is 0 Å². The zero-order valence-electron chi connectivity index (χ0n) is 8.17. The minimum Gasteiger partial charge on any atom is -0.479 e. The Bertz CT molecular complexity index is 185. The number of carbonyl (C=O) groups is 1. The predicted octanol–water partition coefficient (Wildman–Crippen LogP) is 0.618. The summed E-state index contributed by atoms with van der Waals surface area (Å²) in [5, 5.41) is 12.1. The molecule has 0 aliphatic carbocycles. The molecular weight excluding hydrogens is 170 g/mol. The Morgan fingerprint density at radius 1 is 1.62 bits per heavy atom. The first-order valence-corrected chi connectivity index (χ1v) is 4.69. The molecule has 0 saturated carbocycles. The van der Waals surface area contributed by atoms with Gasteiger partial charge in [0.25, 0.3) is 0 Å². The van der Waals surface area contributed by atoms with Crippen molar-refractivity contribution < 1.29 is 14.6 Å². The third kappa shape index (κ3) is 2.42. The molecule has 1 aliphatic rings. The summed E-state index contributed by atoms with van der Waals surface area (Å²) < 4.78 is 5.48. The summed E-state index contributed by atoms with van der Waals surface area (Å²) in [5.74, 6) is -0.853. The van der Waals surface area contributed by atoms with Crippen molar-refractivity contribution in [3.05, 3.63) is 0 Å². The summed E-state index contributed by atoms with van der Waals surface area (Å²) in [7, 11) is 0. The molecule has 1 atom stereocenters. The van der Waals surface area contributed by atoms with Gasteiger partial charge >= 0.3 is 5.97 Å². The van der Waals surface area contributed by atoms with E-state index in [1.54, 1.807) is 0 Å². The number of hydrogen-bond donors (Lipinski definition) is 2. The fourth-order valence-corrected chi connectivity index (χ4v) is 1.66. The molecule has 4 nitrogen and oxygen atoms in total. The predicted molar refractivity (Wildman–Crippen MR) is 48.7 cm³/mol. The normalized spacial score (nSPS) is 29.2. The molecule has 0 aromatic carbocycles. The molecule has 1 fully saturated rings. The molecule has 0 radical (unpaired) electrons. The first kappa shape index (κ1) is 10.5. The second kappa shape index (κ2) is 4.07. The highest BCUT2D eigenvalue weighted by atomic mass is 16.5. The minimum absolute atomic E-state index is 0.0454. The zero-order valence-corrected chi connectivity index (χ0v) is 8.17. The number of aliphatic carboxylic acids is 1. The number of carboxylic acids is 1. The third-order valence-electron chi connectivity index (χ3n) is 2.20. The summed E-state index contributed by atoms with van der Waals surface area (Å²) in [6.07, 6.45) is 1.42. The largest absolute Gasteiger partial charge is 0.479 e. The molecule has 4 heteroatoms. The summed E-state index contributed by atoms with van der Waals surface area (Å²) in [6.45, 7) is 5.02. The zero-order chi connectivity index (χ0) is 9.90. The average molecular weight is 187 g/mol. The molecule has 0 bridgehead atoms. The summed E-state index contributed by atoms with van der Waals surface area (Å²) in [5.41, 5.74) is -0.994. The average Bonchev–Trinajstić information content (AvgIpc) is 2.04. The molecule has 1 heterocycles. The molecule has 13 heavy (non-hydrogen) atoms. The summed E-state index contributed by atoms with van der Waals surface area (Å²) >= 11 is 0. The molecule has 0 spiro atoms. The topological polar surface area (TPSA) is 58.6 Å². The molecule has 76 valence electrons. The van der Waals surface area contributed by atoms with E-state index < -0.39 is 11.6 Å². The number of rotatable bonds is 3. The van der Waals surface area contributed by atoms with E-state index in [1.807, 2.05) is 13.8 Å². The molecule has 1 saturated heterocycles. The maximum absolute atomic E-state index is 11.0. The number of nitrogens with one attached hydrogen (secondary N) is 1. The minimum atomic E-state index is -0.994. The van der Waals surface area contributed by atoms with Crippen LogP contribution in [0.15, 0.2) is 0 Å². The fourth-order valence-electron chi connectivity index (χ4n) is 1.66. The van der Waals surface area contributed by atoms with Crippen molar-refractivity contribution in [1.82, 2.24) is 5.32 Å². The van der Waals surface area contributed by atoms with Gasteiger partial charge in [-0.15, -0.1) is 0 Å². The number of hydrogen-bond acceptors (Lipinski definition) is 3. The van der Waals surface area contributed by atoms with E-state index in [1.165, 1.54) is 0 Å². The summed E-state index contributed by atoms with van der Waals surface area (Å²) in [6, 6.07) is 0. The SMILES string of the molecule is CC(C)OC1(C(=O)O)CCCNC1. The fraction of sp³-hybridized carbons (Fsp3) is 0.889. The smallest absolute Gasteiger partial charge is 0.337 e. The van der Waals surface area contributed by atoms with E-state index in [4.69, 9.17) is 9.84 Å². The lowest BCUT2D eigenvalue weighted by Gasteiger charge is -2.35. The van der Waals surface area contributed by atoms with E-state index in [-0.39, 0.29) is 6.10 Å². The highest BCUT2D eigenvalue weighted by molar-refractivity contribution is 5.78. The van der Waals surface area contributed by atoms with Gasteiger partial charge in [0, 0.05) is 6.54 Å². The van der Waals surface area contributed by atoms with Gasteiger partial charge in [0.05, 0.1) is 6.10 Å². The van der Waals surface area contributed by atoms with Crippen LogP contribution in [0.1, 0.15) is 26.7 Å². The van der Waals surface area contributed by atoms with E-state index >= 15 is 0 Å². The van der Waals surface area contributed by atoms with Gasteiger partial charge in [-0.25, -0.2) is 4.79 Å². The van der Waals surface area contributed by atoms with Crippen molar-refractivity contribution in [1.29, 1.82) is 0 Å². The van der Waals surface area contributed by atoms with E-state index in [0.717, 1.165) is 13.0 Å². The van der Waals surface area contributed by atoms with Gasteiger partial charge in [0.1, 0.15) is 0 Å². The van der Waals surface area contributed by atoms with Gasteiger partial charge in [-0.2, -0.15) is 0 Å². The van der Waals surface area contributed by atoms with Crippen LogP contribution in [0.3, 0.4) is 0 Å². The highest BCUT2D eigenvalue weighted by Gasteiger charge is 2.41. The van der Waals surface area contributed by atoms with Crippen LogP contribution in [0.2, 0.25) is 0 Å². The van der Waals surface area contributed by atoms with Crippen LogP contribution in [0, 0.1) is 0 Å². The highest BCUT2D eigenvalue weighted by Crippen LogP contribution is 2.22. The van der Waals surface area contributed by atoms with Crippen molar-refractivity contribution in [2.45, 2.75) is 38.4 Å². The Labute approximate surface area is 78.3 Å². The Balaban J connectivity index is 2.67. The standard InChI is InChI=1S/C9H17NO3/c1-7(2)13-9(8(11)12)4-3-5-10-6-9/h7,10H,3-6H2,1-2H3,(H,11,12). The van der Waals surface area contributed by atoms with Crippen molar-refractivity contribution in [3.63, 3.8) is 0 Å². The third-order valence-corrected chi connectivity index (χ3v) is 2.20. The molecule has 1 rings (SSSR count). The number of piperidine rings is 1. The maximum Gasteiger partial charge on any atom is 0.337 e. The molecule has 0 amide bonds. The van der Waals surface area contributed by atoms with Crippen molar-refractivity contribution in [2.24, 2.45) is 0 Å². The quantitative estimate of drug-likeness (QED) is 0.680. The number of carboxylic acid groups (broad SMARTS) is 1. The van der Waals surface area contributed by atoms with Crippen LogP contribution in [-0.4, -0.2) is 35.9 Å². The van der Waals surface area contributed by atoms with Gasteiger partial charge < -0.3 is 15.2 Å². The van der Waals surface area contributed by atoms with Crippen molar-refractivity contribution >= 4 is 5.97 Å². The lowest BCUT2D eigenvalue weighted by Crippen LogP contribution is -2.54. The second-order valence-electron chi connectivity index (χ2n) is 3.75. The molecule has 0 aromatic rings. The monoisotopic (exact) mass is 187 g/mol.